The second-order valence-corrected chi connectivity index (χ2v) is 8.03. The molecule has 0 unspecified atom stereocenters. The lowest BCUT2D eigenvalue weighted by atomic mass is 10.1. The number of carbonyl (C=O) groups is 2. The van der Waals surface area contributed by atoms with Crippen LogP contribution in [0.3, 0.4) is 0 Å². The molecule has 0 saturated carbocycles. The lowest BCUT2D eigenvalue weighted by Crippen LogP contribution is -2.43. The van der Waals surface area contributed by atoms with Crippen molar-refractivity contribution in [2.24, 2.45) is 13.0 Å². The van der Waals surface area contributed by atoms with Crippen molar-refractivity contribution in [3.8, 4) is 17.2 Å². The van der Waals surface area contributed by atoms with E-state index >= 15 is 0 Å². The molecule has 0 amide bonds. The number of benzene rings is 1. The van der Waals surface area contributed by atoms with E-state index in [1.54, 1.807) is 12.1 Å². The van der Waals surface area contributed by atoms with Gasteiger partial charge in [0, 0.05) is 20.0 Å². The standard InChI is InChI=1S/C23H31N3O8/c1-13(2)11-26-21(24)19(22(29)25(3)23(26)30)15(27)12-34-18(28)8-7-14-9-16(31-4)20(33-6)17(10-14)32-5/h9-10,13H,7-8,11-12,24H2,1-6H3. The van der Waals surface area contributed by atoms with Crippen molar-refractivity contribution in [2.45, 2.75) is 33.2 Å². The normalized spacial score (nSPS) is 10.8. The topological polar surface area (TPSA) is 141 Å². The molecule has 1 heterocycles. The molecule has 186 valence electrons. The Balaban J connectivity index is 2.12. The highest BCUT2D eigenvalue weighted by Gasteiger charge is 2.23. The predicted octanol–water partition coefficient (Wildman–Crippen LogP) is 1.17. The van der Waals surface area contributed by atoms with Crippen molar-refractivity contribution in [3.63, 3.8) is 0 Å². The zero-order valence-corrected chi connectivity index (χ0v) is 20.3. The van der Waals surface area contributed by atoms with E-state index in [0.29, 0.717) is 17.2 Å². The van der Waals surface area contributed by atoms with E-state index in [1.165, 1.54) is 32.9 Å². The van der Waals surface area contributed by atoms with Crippen molar-refractivity contribution >= 4 is 17.6 Å². The van der Waals surface area contributed by atoms with Crippen LogP contribution in [-0.4, -0.2) is 48.8 Å². The summed E-state index contributed by atoms with van der Waals surface area (Å²) in [5, 5.41) is 0. The van der Waals surface area contributed by atoms with Gasteiger partial charge in [-0.15, -0.1) is 0 Å². The van der Waals surface area contributed by atoms with Gasteiger partial charge in [0.1, 0.15) is 11.4 Å². The molecule has 0 aliphatic heterocycles. The first-order valence-corrected chi connectivity index (χ1v) is 10.6. The van der Waals surface area contributed by atoms with Gasteiger partial charge < -0.3 is 24.7 Å². The number of nitrogens with zero attached hydrogens (tertiary/aromatic N) is 2. The third-order valence-corrected chi connectivity index (χ3v) is 5.12. The summed E-state index contributed by atoms with van der Waals surface area (Å²) in [7, 11) is 5.73. The first-order chi connectivity index (χ1) is 16.0. The lowest BCUT2D eigenvalue weighted by Gasteiger charge is -2.16. The zero-order chi connectivity index (χ0) is 25.6. The SMILES string of the molecule is COc1cc(CCC(=O)OCC(=O)c2c(N)n(CC(C)C)c(=O)n(C)c2=O)cc(OC)c1OC. The number of anilines is 1. The van der Waals surface area contributed by atoms with Crippen LogP contribution >= 0.6 is 0 Å². The van der Waals surface area contributed by atoms with Crippen LogP contribution in [0, 0.1) is 5.92 Å². The number of hydrogen-bond acceptors (Lipinski definition) is 9. The summed E-state index contributed by atoms with van der Waals surface area (Å²) >= 11 is 0. The Morgan fingerprint density at radius 2 is 1.62 bits per heavy atom. The summed E-state index contributed by atoms with van der Waals surface area (Å²) in [5.41, 5.74) is 4.89. The fraction of sp³-hybridized carbons (Fsp3) is 0.478. The number of Topliss-reactive ketones (excluding diaryl/α,β-unsaturated/α-hetero) is 1. The Morgan fingerprint density at radius 3 is 2.12 bits per heavy atom. The van der Waals surface area contributed by atoms with Gasteiger partial charge in [-0.3, -0.25) is 23.5 Å². The summed E-state index contributed by atoms with van der Waals surface area (Å²) in [6, 6.07) is 3.42. The molecule has 0 radical (unpaired) electrons. The third-order valence-electron chi connectivity index (χ3n) is 5.12. The summed E-state index contributed by atoms with van der Waals surface area (Å²) in [4.78, 5) is 49.8. The molecule has 11 nitrogen and oxygen atoms in total. The molecule has 0 spiro atoms. The van der Waals surface area contributed by atoms with Gasteiger partial charge in [0.15, 0.2) is 18.1 Å². The van der Waals surface area contributed by atoms with Crippen LogP contribution < -0.4 is 31.2 Å². The molecule has 0 atom stereocenters. The number of nitrogen functional groups attached to an aromatic ring is 1. The molecule has 0 saturated heterocycles. The molecule has 34 heavy (non-hydrogen) atoms. The van der Waals surface area contributed by atoms with Crippen LogP contribution in [0.15, 0.2) is 21.7 Å². The van der Waals surface area contributed by atoms with Gasteiger partial charge in [0.2, 0.25) is 11.5 Å². The van der Waals surface area contributed by atoms with Crippen molar-refractivity contribution in [1.29, 1.82) is 0 Å². The van der Waals surface area contributed by atoms with Crippen LogP contribution in [0.5, 0.6) is 17.2 Å². The Morgan fingerprint density at radius 1 is 1.03 bits per heavy atom. The van der Waals surface area contributed by atoms with E-state index in [-0.39, 0.29) is 36.7 Å². The van der Waals surface area contributed by atoms with E-state index < -0.39 is 29.6 Å². The molecule has 0 aliphatic carbocycles. The van der Waals surface area contributed by atoms with Crippen LogP contribution in [0.25, 0.3) is 0 Å². The van der Waals surface area contributed by atoms with Gasteiger partial charge in [0.05, 0.1) is 21.3 Å². The first kappa shape index (κ1) is 26.5. The van der Waals surface area contributed by atoms with Crippen LogP contribution in [0.1, 0.15) is 36.2 Å². The smallest absolute Gasteiger partial charge is 0.332 e. The number of nitrogens with two attached hydrogens (primary N) is 1. The predicted molar refractivity (Wildman–Crippen MR) is 125 cm³/mol. The maximum Gasteiger partial charge on any atom is 0.332 e. The molecule has 1 aromatic heterocycles. The molecule has 2 aromatic rings. The van der Waals surface area contributed by atoms with E-state index in [2.05, 4.69) is 0 Å². The molecule has 0 fully saturated rings. The van der Waals surface area contributed by atoms with E-state index in [0.717, 1.165) is 10.1 Å². The highest BCUT2D eigenvalue weighted by Crippen LogP contribution is 2.38. The largest absolute Gasteiger partial charge is 0.493 e. The van der Waals surface area contributed by atoms with E-state index in [9.17, 15) is 19.2 Å². The van der Waals surface area contributed by atoms with Crippen LogP contribution in [0.2, 0.25) is 0 Å². The average Bonchev–Trinajstić information content (AvgIpc) is 2.81. The molecular weight excluding hydrogens is 446 g/mol. The van der Waals surface area contributed by atoms with E-state index in [4.69, 9.17) is 24.7 Å². The minimum absolute atomic E-state index is 0.0355. The zero-order valence-electron chi connectivity index (χ0n) is 20.3. The van der Waals surface area contributed by atoms with E-state index in [1.807, 2.05) is 13.8 Å². The quantitative estimate of drug-likeness (QED) is 0.373. The van der Waals surface area contributed by atoms with Crippen LogP contribution in [-0.2, 0) is 29.5 Å². The molecular formula is C23H31N3O8. The summed E-state index contributed by atoms with van der Waals surface area (Å²) in [6.07, 6.45) is 0.249. The number of ether oxygens (including phenoxy) is 4. The summed E-state index contributed by atoms with van der Waals surface area (Å²) in [5.74, 6) is -0.287. The van der Waals surface area contributed by atoms with Gasteiger partial charge in [-0.25, -0.2) is 4.79 Å². The number of rotatable bonds is 11. The Labute approximate surface area is 197 Å². The molecule has 2 rings (SSSR count). The maximum absolute atomic E-state index is 12.7. The monoisotopic (exact) mass is 477 g/mol. The lowest BCUT2D eigenvalue weighted by molar-refractivity contribution is -0.142. The van der Waals surface area contributed by atoms with Gasteiger partial charge >= 0.3 is 11.7 Å². The molecule has 0 aliphatic rings. The van der Waals surface area contributed by atoms with Gasteiger partial charge in [-0.05, 0) is 30.0 Å². The first-order valence-electron chi connectivity index (χ1n) is 10.6. The summed E-state index contributed by atoms with van der Waals surface area (Å²) in [6.45, 7) is 3.30. The Hall–Kier alpha value is -3.76. The number of aryl methyl sites for hydroxylation is 1. The number of esters is 1. The van der Waals surface area contributed by atoms with Crippen LogP contribution in [0.4, 0.5) is 5.82 Å². The minimum atomic E-state index is -0.832. The van der Waals surface area contributed by atoms with Gasteiger partial charge in [-0.1, -0.05) is 13.8 Å². The molecule has 2 N–H and O–H groups in total. The fourth-order valence-electron chi connectivity index (χ4n) is 3.40. The third kappa shape index (κ3) is 5.77. The fourth-order valence-corrected chi connectivity index (χ4v) is 3.40. The van der Waals surface area contributed by atoms with Crippen molar-refractivity contribution in [3.05, 3.63) is 44.1 Å². The number of carbonyl (C=O) groups excluding carboxylic acids is 2. The number of methoxy groups -OCH3 is 3. The minimum Gasteiger partial charge on any atom is -0.493 e. The summed E-state index contributed by atoms with van der Waals surface area (Å²) < 4.78 is 22.9. The molecule has 1 aromatic carbocycles. The molecule has 0 bridgehead atoms. The highest BCUT2D eigenvalue weighted by atomic mass is 16.5. The van der Waals surface area contributed by atoms with Crippen molar-refractivity contribution < 1.29 is 28.5 Å². The van der Waals surface area contributed by atoms with Gasteiger partial charge in [0.25, 0.3) is 5.56 Å². The van der Waals surface area contributed by atoms with Gasteiger partial charge in [-0.2, -0.15) is 0 Å². The maximum atomic E-state index is 12.7. The number of aromatic nitrogens is 2. The van der Waals surface area contributed by atoms with Crippen molar-refractivity contribution in [2.75, 3.05) is 33.7 Å². The number of hydrogen-bond donors (Lipinski definition) is 1. The second kappa shape index (κ2) is 11.4. The molecule has 11 heteroatoms. The second-order valence-electron chi connectivity index (χ2n) is 8.03. The average molecular weight is 478 g/mol. The van der Waals surface area contributed by atoms with Crippen molar-refractivity contribution in [1.82, 2.24) is 9.13 Å². The Kier molecular flexibility index (Phi) is 8.88. The highest BCUT2D eigenvalue weighted by molar-refractivity contribution is 6.01. The Bertz CT molecular complexity index is 1150. The number of ketones is 1.